The van der Waals surface area contributed by atoms with E-state index in [2.05, 4.69) is 23.1 Å². The Morgan fingerprint density at radius 1 is 1.43 bits per heavy atom. The van der Waals surface area contributed by atoms with E-state index >= 15 is 0 Å². The number of aryl methyl sites for hydroxylation is 1. The third-order valence-electron chi connectivity index (χ3n) is 2.49. The van der Waals surface area contributed by atoms with E-state index in [9.17, 15) is 9.59 Å². The zero-order chi connectivity index (χ0) is 16.8. The van der Waals surface area contributed by atoms with Crippen LogP contribution in [0.25, 0.3) is 0 Å². The molecule has 1 N–H and O–H groups in total. The third kappa shape index (κ3) is 11.5. The first-order valence-electron chi connectivity index (χ1n) is 6.59. The van der Waals surface area contributed by atoms with Gasteiger partial charge < -0.3 is 26.5 Å². The Balaban J connectivity index is 0. The van der Waals surface area contributed by atoms with Crippen LogP contribution in [0.5, 0.6) is 5.75 Å². The largest absolute Gasteiger partial charge is 1.00 e. The predicted octanol–water partition coefficient (Wildman–Crippen LogP) is -1.30. The van der Waals surface area contributed by atoms with Crippen LogP contribution in [0.1, 0.15) is 18.1 Å². The number of amides is 1. The van der Waals surface area contributed by atoms with Crippen LogP contribution in [-0.4, -0.2) is 32.7 Å². The molecule has 23 heavy (non-hydrogen) atoms. The zero-order valence-corrected chi connectivity index (χ0v) is 17.2. The molecule has 6 heteroatoms. The number of hydrogen-bond donors (Lipinski definition) is 1. The minimum Gasteiger partial charge on any atom is -0.498 e. The minimum absolute atomic E-state index is 0. The van der Waals surface area contributed by atoms with Gasteiger partial charge in [0.1, 0.15) is 5.75 Å². The molecule has 0 aliphatic carbocycles. The Labute approximate surface area is 180 Å². The summed E-state index contributed by atoms with van der Waals surface area (Å²) in [5.41, 5.74) is 1.83. The molecule has 0 aliphatic rings. The summed E-state index contributed by atoms with van der Waals surface area (Å²) in [6, 6.07) is 5.51. The summed E-state index contributed by atoms with van der Waals surface area (Å²) in [5.74, 6) is 1.63. The summed E-state index contributed by atoms with van der Waals surface area (Å²) in [6.45, 7) is 5.95. The minimum atomic E-state index is -0.476. The van der Waals surface area contributed by atoms with Gasteiger partial charge in [-0.25, -0.2) is 0 Å². The number of nitrogens with one attached hydrogen (secondary N) is 1. The van der Waals surface area contributed by atoms with E-state index in [1.54, 1.807) is 20.3 Å². The molecular weight excluding hydrogens is 321 g/mol. The Morgan fingerprint density at radius 2 is 2.09 bits per heavy atom. The fourth-order valence-corrected chi connectivity index (χ4v) is 1.40. The number of methoxy groups -OCH3 is 2. The number of carbonyl (C=O) groups excluding carboxylic acids is 2. The average Bonchev–Trinajstić information content (AvgIpc) is 2.57. The third-order valence-corrected chi connectivity index (χ3v) is 2.49. The molecule has 0 atom stereocenters. The van der Waals surface area contributed by atoms with Gasteiger partial charge in [-0.05, 0) is 0 Å². The molecule has 1 rings (SSSR count). The number of benzene rings is 1. The van der Waals surface area contributed by atoms with Crippen molar-refractivity contribution in [1.82, 2.24) is 5.32 Å². The molecule has 120 valence electrons. The van der Waals surface area contributed by atoms with E-state index in [0.717, 1.165) is 23.3 Å². The second-order valence-electron chi connectivity index (χ2n) is 3.87. The number of rotatable bonds is 6. The standard InChI is InChI=1S/C14H13NO3.C3H7O.K/c1-3-11-10-13(18-2)6-4-12(11)5-7-14(17)15-8-9-16;1-3-4-2;/h4,6-7,10H,3H2,1-2H3,(H,15,17);1,3H2,2H3;/q-2;-1;+1. The van der Waals surface area contributed by atoms with Crippen LogP contribution in [0, 0.1) is 19.2 Å². The molecule has 0 radical (unpaired) electrons. The van der Waals surface area contributed by atoms with Crippen LogP contribution >= 0.6 is 0 Å². The van der Waals surface area contributed by atoms with Gasteiger partial charge in [0.2, 0.25) is 0 Å². The molecule has 1 aromatic carbocycles. The first-order chi connectivity index (χ1) is 10.6. The molecule has 0 bridgehead atoms. The van der Waals surface area contributed by atoms with Crippen LogP contribution in [-0.2, 0) is 20.7 Å². The number of ether oxygens (including phenoxy) is 2. The summed E-state index contributed by atoms with van der Waals surface area (Å²) in [5, 5.41) is 2.11. The average molecular weight is 341 g/mol. The number of hydrogen-bond acceptors (Lipinski definition) is 4. The topological polar surface area (TPSA) is 64.6 Å². The Hall–Kier alpha value is -0.724. The van der Waals surface area contributed by atoms with E-state index in [1.807, 2.05) is 25.3 Å². The molecule has 0 saturated heterocycles. The van der Waals surface area contributed by atoms with Gasteiger partial charge in [0.05, 0.1) is 13.0 Å². The van der Waals surface area contributed by atoms with Crippen molar-refractivity contribution in [2.24, 2.45) is 0 Å². The van der Waals surface area contributed by atoms with Crippen molar-refractivity contribution in [2.75, 3.05) is 20.8 Å². The molecule has 0 unspecified atom stereocenters. The van der Waals surface area contributed by atoms with E-state index in [0.29, 0.717) is 6.61 Å². The van der Waals surface area contributed by atoms with Crippen LogP contribution in [0.2, 0.25) is 0 Å². The van der Waals surface area contributed by atoms with Gasteiger partial charge in [-0.2, -0.15) is 0 Å². The summed E-state index contributed by atoms with van der Waals surface area (Å²) >= 11 is 0. The summed E-state index contributed by atoms with van der Waals surface area (Å²) in [7, 11) is 3.22. The van der Waals surface area contributed by atoms with Crippen molar-refractivity contribution in [2.45, 2.75) is 13.3 Å². The van der Waals surface area contributed by atoms with Gasteiger partial charge in [0.25, 0.3) is 0 Å². The van der Waals surface area contributed by atoms with Crippen molar-refractivity contribution in [3.8, 4) is 5.75 Å². The maximum absolute atomic E-state index is 11.2. The van der Waals surface area contributed by atoms with Gasteiger partial charge in [-0.3, -0.25) is 4.79 Å². The second kappa shape index (κ2) is 16.1. The first kappa shape index (κ1) is 24.5. The Kier molecular flexibility index (Phi) is 17.2. The monoisotopic (exact) mass is 341 g/mol. The van der Waals surface area contributed by atoms with Crippen molar-refractivity contribution >= 4 is 11.8 Å². The van der Waals surface area contributed by atoms with Crippen molar-refractivity contribution in [1.29, 1.82) is 0 Å². The molecule has 0 saturated carbocycles. The second-order valence-corrected chi connectivity index (χ2v) is 3.87. The van der Waals surface area contributed by atoms with Gasteiger partial charge in [0.15, 0.2) is 0 Å². The summed E-state index contributed by atoms with van der Waals surface area (Å²) in [4.78, 5) is 21.1. The molecule has 0 aliphatic heterocycles. The Bertz CT molecular complexity index is 535. The van der Waals surface area contributed by atoms with Crippen LogP contribution in [0.4, 0.5) is 0 Å². The van der Waals surface area contributed by atoms with Crippen molar-refractivity contribution in [3.63, 3.8) is 0 Å². The first-order valence-corrected chi connectivity index (χ1v) is 6.59. The molecular formula is C17H20KNO4-2. The van der Waals surface area contributed by atoms with Crippen molar-refractivity contribution < 1.29 is 70.4 Å². The van der Waals surface area contributed by atoms with Gasteiger partial charge >= 0.3 is 51.4 Å². The van der Waals surface area contributed by atoms with E-state index < -0.39 is 5.91 Å². The summed E-state index contributed by atoms with van der Waals surface area (Å²) in [6.07, 6.45) is 6.81. The molecule has 1 aromatic rings. The molecule has 0 heterocycles. The molecule has 0 aromatic heterocycles. The van der Waals surface area contributed by atoms with E-state index in [1.165, 1.54) is 12.0 Å². The smallest absolute Gasteiger partial charge is 0.498 e. The van der Waals surface area contributed by atoms with Gasteiger partial charge in [-0.1, -0.05) is 38.3 Å². The zero-order valence-electron chi connectivity index (χ0n) is 14.1. The van der Waals surface area contributed by atoms with E-state index in [4.69, 9.17) is 4.74 Å². The van der Waals surface area contributed by atoms with Crippen molar-refractivity contribution in [3.05, 3.63) is 54.6 Å². The fraction of sp³-hybridized carbons (Fsp3) is 0.294. The van der Waals surface area contributed by atoms with Gasteiger partial charge in [-0.15, -0.1) is 29.3 Å². The maximum Gasteiger partial charge on any atom is 1.00 e. The fourth-order valence-electron chi connectivity index (χ4n) is 1.40. The quantitative estimate of drug-likeness (QED) is 0.230. The van der Waals surface area contributed by atoms with E-state index in [-0.39, 0.29) is 51.4 Å². The SMILES string of the molecule is CCc1cc(OC)ccc1[C-]=CC(=O)N[C-]=C=O.[CH2-]COC.[K+]. The van der Waals surface area contributed by atoms with Crippen LogP contribution < -0.4 is 61.4 Å². The molecule has 0 fully saturated rings. The maximum atomic E-state index is 11.2. The molecule has 0 spiro atoms. The summed E-state index contributed by atoms with van der Waals surface area (Å²) < 4.78 is 9.55. The Morgan fingerprint density at radius 3 is 2.57 bits per heavy atom. The van der Waals surface area contributed by atoms with Gasteiger partial charge in [0, 0.05) is 13.1 Å². The molecule has 5 nitrogen and oxygen atoms in total. The van der Waals surface area contributed by atoms with Crippen LogP contribution in [0.3, 0.4) is 0 Å². The predicted molar refractivity (Wildman–Crippen MR) is 83.6 cm³/mol. The normalized spacial score (nSPS) is 9.04. The number of carbonyl (C=O) groups is 1. The molecule has 1 amide bonds. The van der Waals surface area contributed by atoms with Crippen LogP contribution in [0.15, 0.2) is 24.3 Å².